The fourth-order valence-corrected chi connectivity index (χ4v) is 6.58. The molecule has 2 aromatic heterocycles. The maximum absolute atomic E-state index is 13.5. The molecule has 2 atom stereocenters. The number of carbonyl (C=O) groups is 2. The standard InChI is InChI=1S/C34H34Cl2N4O7/c1-43-28-9-8-22(14-30(28)44-2)29(15-24-25(35)16-37-17-26(24)36)46-33(41)27-20-45-32(38-27)19-40(23-6-4-3-5-7-23)34(42)47-31-18-39-12-10-21(31)11-13-39/h3-9,14,16-17,20-21,29,31H,10-13,15,18-19H2,1-2H3/p+1/t29-,31-/m0/s1. The van der Waals surface area contributed by atoms with E-state index in [1.54, 1.807) is 42.7 Å². The molecule has 7 rings (SSSR count). The summed E-state index contributed by atoms with van der Waals surface area (Å²) in [6, 6.07) is 14.4. The number of oxazole rings is 1. The minimum Gasteiger partial charge on any atom is -0.493 e. The molecule has 2 bridgehead atoms. The number of methoxy groups -OCH3 is 2. The predicted octanol–water partition coefficient (Wildman–Crippen LogP) is 6.19. The highest BCUT2D eigenvalue weighted by atomic mass is 35.5. The lowest BCUT2D eigenvalue weighted by molar-refractivity contribution is -0.377. The molecule has 3 aliphatic rings. The summed E-state index contributed by atoms with van der Waals surface area (Å²) in [4.78, 5) is 38.1. The molecule has 11 nitrogen and oxygen atoms in total. The van der Waals surface area contributed by atoms with Gasteiger partial charge >= 0.3 is 12.1 Å². The van der Waals surface area contributed by atoms with Gasteiger partial charge in [-0.1, -0.05) is 47.5 Å². The lowest BCUT2D eigenvalue weighted by Crippen LogP contribution is -2.53. The van der Waals surface area contributed by atoms with E-state index in [-0.39, 0.29) is 30.7 Å². The number of aromatic amines is 1. The van der Waals surface area contributed by atoms with Crippen molar-refractivity contribution in [2.75, 3.05) is 38.8 Å². The van der Waals surface area contributed by atoms with E-state index in [4.69, 9.17) is 46.6 Å². The number of rotatable bonds is 11. The third-order valence-corrected chi connectivity index (χ3v) is 9.28. The molecule has 3 aliphatic heterocycles. The number of hydrogen-bond acceptors (Lipinski definition) is 9. The zero-order valence-corrected chi connectivity index (χ0v) is 27.5. The van der Waals surface area contributed by atoms with Gasteiger partial charge in [-0.25, -0.2) is 19.6 Å². The minimum absolute atomic E-state index is 0.0535. The maximum atomic E-state index is 13.5. The zero-order valence-electron chi connectivity index (χ0n) is 26.0. The van der Waals surface area contributed by atoms with Gasteiger partial charge in [-0.15, -0.1) is 0 Å². The van der Waals surface area contributed by atoms with Crippen LogP contribution in [0.1, 0.15) is 46.5 Å². The second-order valence-electron chi connectivity index (χ2n) is 11.5. The van der Waals surface area contributed by atoms with Crippen molar-refractivity contribution < 1.29 is 37.9 Å². The highest BCUT2D eigenvalue weighted by Crippen LogP contribution is 2.36. The summed E-state index contributed by atoms with van der Waals surface area (Å²) >= 11 is 12.9. The van der Waals surface area contributed by atoms with Crippen LogP contribution in [0.2, 0.25) is 10.0 Å². The quantitative estimate of drug-likeness (QED) is 0.171. The number of esters is 1. The van der Waals surface area contributed by atoms with Crippen molar-refractivity contribution >= 4 is 41.0 Å². The van der Waals surface area contributed by atoms with Crippen molar-refractivity contribution in [3.63, 3.8) is 0 Å². The van der Waals surface area contributed by atoms with Crippen LogP contribution in [-0.2, 0) is 22.4 Å². The lowest BCUT2D eigenvalue weighted by Gasteiger charge is -2.44. The summed E-state index contributed by atoms with van der Waals surface area (Å²) in [7, 11) is 3.06. The molecule has 5 heterocycles. The molecule has 4 aromatic rings. The van der Waals surface area contributed by atoms with Gasteiger partial charge in [-0.2, -0.15) is 0 Å². The van der Waals surface area contributed by atoms with Gasteiger partial charge in [0.15, 0.2) is 29.6 Å². The number of halogens is 2. The van der Waals surface area contributed by atoms with Crippen molar-refractivity contribution in [3.05, 3.63) is 99.9 Å². The van der Waals surface area contributed by atoms with E-state index in [0.717, 1.165) is 32.5 Å². The Morgan fingerprint density at radius 2 is 1.77 bits per heavy atom. The van der Waals surface area contributed by atoms with Crippen LogP contribution in [0.5, 0.6) is 11.5 Å². The average molecular weight is 683 g/mol. The number of para-hydroxylation sites is 1. The molecule has 2 aromatic carbocycles. The number of amides is 1. The molecule has 0 saturated carbocycles. The molecule has 246 valence electrons. The third-order valence-electron chi connectivity index (χ3n) is 8.61. The van der Waals surface area contributed by atoms with E-state index < -0.39 is 18.2 Å². The Hall–Kier alpha value is -4.32. The number of ether oxygens (including phenoxy) is 4. The van der Waals surface area contributed by atoms with E-state index in [1.807, 2.05) is 18.2 Å². The van der Waals surface area contributed by atoms with E-state index in [0.29, 0.717) is 44.3 Å². The molecule has 1 amide bonds. The summed E-state index contributed by atoms with van der Waals surface area (Å²) in [6.07, 6.45) is 5.08. The second kappa shape index (κ2) is 14.6. The Bertz CT molecular complexity index is 1690. The van der Waals surface area contributed by atoms with Crippen molar-refractivity contribution in [3.8, 4) is 11.5 Å². The summed E-state index contributed by atoms with van der Waals surface area (Å²) in [5, 5.41) is 0.766. The molecular weight excluding hydrogens is 647 g/mol. The summed E-state index contributed by atoms with van der Waals surface area (Å²) in [6.45, 7) is 2.75. The van der Waals surface area contributed by atoms with Crippen molar-refractivity contribution in [2.45, 2.75) is 38.0 Å². The van der Waals surface area contributed by atoms with Crippen LogP contribution in [0.3, 0.4) is 0 Å². The van der Waals surface area contributed by atoms with Crippen molar-refractivity contribution in [1.82, 2.24) is 9.88 Å². The van der Waals surface area contributed by atoms with Gasteiger partial charge in [0.1, 0.15) is 35.1 Å². The fourth-order valence-electron chi connectivity index (χ4n) is 6.05. The van der Waals surface area contributed by atoms with Gasteiger partial charge in [-0.05, 0) is 61.7 Å². The number of pyridine rings is 1. The Kier molecular flexibility index (Phi) is 10.1. The van der Waals surface area contributed by atoms with Crippen LogP contribution in [0.4, 0.5) is 10.5 Å². The maximum Gasteiger partial charge on any atom is 0.415 e. The highest BCUT2D eigenvalue weighted by molar-refractivity contribution is 6.35. The molecular formula is C34H35Cl2N4O7+. The fraction of sp³-hybridized carbons (Fsp3) is 0.353. The number of H-pyrrole nitrogens is 1. The highest BCUT2D eigenvalue weighted by Gasteiger charge is 2.38. The predicted molar refractivity (Wildman–Crippen MR) is 173 cm³/mol. The van der Waals surface area contributed by atoms with Gasteiger partial charge < -0.3 is 23.4 Å². The van der Waals surface area contributed by atoms with Crippen molar-refractivity contribution in [1.29, 1.82) is 0 Å². The van der Waals surface area contributed by atoms with Crippen LogP contribution < -0.4 is 19.4 Å². The first-order valence-electron chi connectivity index (χ1n) is 15.3. The Morgan fingerprint density at radius 3 is 2.43 bits per heavy atom. The molecule has 1 N–H and O–H groups in total. The summed E-state index contributed by atoms with van der Waals surface area (Å²) in [5.41, 5.74) is 1.75. The normalized spacial score (nSPS) is 19.1. The van der Waals surface area contributed by atoms with E-state index >= 15 is 0 Å². The monoisotopic (exact) mass is 681 g/mol. The van der Waals surface area contributed by atoms with Gasteiger partial charge in [0.25, 0.3) is 0 Å². The molecule has 0 aliphatic carbocycles. The van der Waals surface area contributed by atoms with E-state index in [9.17, 15) is 9.59 Å². The van der Waals surface area contributed by atoms with E-state index in [2.05, 4.69) is 14.9 Å². The Balaban J connectivity index is 1.21. The van der Waals surface area contributed by atoms with Crippen LogP contribution in [0, 0.1) is 5.92 Å². The minimum atomic E-state index is -0.836. The second-order valence-corrected chi connectivity index (χ2v) is 12.3. The molecule has 13 heteroatoms. The van der Waals surface area contributed by atoms with Gasteiger partial charge in [0.2, 0.25) is 5.89 Å². The summed E-state index contributed by atoms with van der Waals surface area (Å²) in [5.74, 6) is 0.721. The Morgan fingerprint density at radius 1 is 1.04 bits per heavy atom. The number of aromatic nitrogens is 2. The first kappa shape index (κ1) is 32.6. The number of nitrogens with one attached hydrogen (secondary N) is 1. The molecule has 3 saturated heterocycles. The van der Waals surface area contributed by atoms with Crippen molar-refractivity contribution in [2.24, 2.45) is 5.92 Å². The number of piperidine rings is 3. The number of hydrogen-bond donors (Lipinski definition) is 0. The largest absolute Gasteiger partial charge is 0.493 e. The molecule has 0 unspecified atom stereocenters. The number of fused-ring (bicyclic) bond motifs is 3. The Labute approximate surface area is 282 Å². The number of nitrogens with zero attached hydrogens (tertiary/aromatic N) is 3. The molecule has 0 spiro atoms. The van der Waals surface area contributed by atoms with Gasteiger partial charge in [-0.3, -0.25) is 9.80 Å². The molecule has 0 radical (unpaired) electrons. The van der Waals surface area contributed by atoms with Crippen LogP contribution in [-0.4, -0.2) is 61.9 Å². The number of carbonyl (C=O) groups excluding carboxylic acids is 2. The lowest BCUT2D eigenvalue weighted by atomic mass is 9.86. The molecule has 3 fully saturated rings. The molecule has 47 heavy (non-hydrogen) atoms. The van der Waals surface area contributed by atoms with Gasteiger partial charge in [0.05, 0.1) is 14.2 Å². The SMILES string of the molecule is COc1ccc([C@H](Cc2c(Cl)c[nH+]cc2Cl)OC(=O)c2coc(CN(C(=O)O[C@H]3CN4CCC3CC4)c3ccccc3)n2)cc1OC. The zero-order chi connectivity index (χ0) is 32.9. The van der Waals surface area contributed by atoms with Crippen LogP contribution in [0.15, 0.2) is 71.6 Å². The van der Waals surface area contributed by atoms with Gasteiger partial charge in [0, 0.05) is 24.2 Å². The first-order valence-corrected chi connectivity index (χ1v) is 16.0. The summed E-state index contributed by atoms with van der Waals surface area (Å²) < 4.78 is 28.6. The smallest absolute Gasteiger partial charge is 0.415 e. The van der Waals surface area contributed by atoms with Crippen LogP contribution >= 0.6 is 23.2 Å². The van der Waals surface area contributed by atoms with Crippen LogP contribution in [0.25, 0.3) is 0 Å². The number of benzene rings is 2. The average Bonchev–Trinajstić information content (AvgIpc) is 3.58. The first-order chi connectivity index (χ1) is 22.8. The number of anilines is 1. The topological polar surface area (TPSA) is 118 Å². The third kappa shape index (κ3) is 7.48. The van der Waals surface area contributed by atoms with E-state index in [1.165, 1.54) is 25.4 Å².